The summed E-state index contributed by atoms with van der Waals surface area (Å²) in [6, 6.07) is 12.1. The van der Waals surface area contributed by atoms with E-state index in [0.717, 1.165) is 5.52 Å². The molecule has 1 aliphatic heterocycles. The van der Waals surface area contributed by atoms with Crippen LogP contribution < -0.4 is 10.2 Å². The van der Waals surface area contributed by atoms with Crippen molar-refractivity contribution < 1.29 is 17.9 Å². The van der Waals surface area contributed by atoms with Crippen molar-refractivity contribution in [1.29, 1.82) is 0 Å². The fourth-order valence-electron chi connectivity index (χ4n) is 3.95. The minimum Gasteiger partial charge on any atom is -0.492 e. The number of alkyl halides is 2. The second kappa shape index (κ2) is 7.77. The molecule has 0 unspecified atom stereocenters. The van der Waals surface area contributed by atoms with E-state index in [1.54, 1.807) is 29.4 Å². The van der Waals surface area contributed by atoms with Crippen LogP contribution in [0.2, 0.25) is 0 Å². The third-order valence-electron chi connectivity index (χ3n) is 5.52. The number of hydrogen-bond donors (Lipinski definition) is 0. The molecule has 1 aromatic carbocycles. The summed E-state index contributed by atoms with van der Waals surface area (Å²) in [7, 11) is 0. The molecular formula is C23H21F2N3O3. The highest BCUT2D eigenvalue weighted by Crippen LogP contribution is 2.27. The summed E-state index contributed by atoms with van der Waals surface area (Å²) in [4.78, 5) is 18.8. The van der Waals surface area contributed by atoms with Gasteiger partial charge in [0.05, 0.1) is 18.3 Å². The molecule has 31 heavy (non-hydrogen) atoms. The minimum absolute atomic E-state index is 0.0538. The number of piperidine rings is 1. The number of aromatic nitrogens is 2. The fourth-order valence-corrected chi connectivity index (χ4v) is 3.95. The molecule has 4 aromatic rings. The standard InChI is InChI=1S/C23H21F2N3O3/c24-23(25)6-2-7-27(14-23)9-10-30-17-4-5-21-18(12-17)20(29)13-22(31-21)19-11-16-3-1-8-28(16)15-26-19/h1,3-5,8,11-13,15H,2,6-7,9-10,14H2. The van der Waals surface area contributed by atoms with E-state index in [4.69, 9.17) is 9.15 Å². The number of rotatable bonds is 5. The van der Waals surface area contributed by atoms with Crippen molar-refractivity contribution in [3.05, 3.63) is 65.2 Å². The first-order valence-corrected chi connectivity index (χ1v) is 10.2. The Kier molecular flexibility index (Phi) is 4.94. The van der Waals surface area contributed by atoms with Crippen molar-refractivity contribution in [2.75, 3.05) is 26.2 Å². The summed E-state index contributed by atoms with van der Waals surface area (Å²) in [6.45, 7) is 1.09. The molecule has 0 saturated carbocycles. The molecule has 3 aromatic heterocycles. The average molecular weight is 425 g/mol. The Morgan fingerprint density at radius 3 is 2.97 bits per heavy atom. The molecule has 5 rings (SSSR count). The van der Waals surface area contributed by atoms with Crippen molar-refractivity contribution in [2.24, 2.45) is 0 Å². The van der Waals surface area contributed by atoms with E-state index >= 15 is 0 Å². The maximum atomic E-state index is 13.5. The van der Waals surface area contributed by atoms with Gasteiger partial charge in [0.1, 0.15) is 23.6 Å². The lowest BCUT2D eigenvalue weighted by Gasteiger charge is -2.32. The van der Waals surface area contributed by atoms with E-state index in [9.17, 15) is 13.6 Å². The molecule has 160 valence electrons. The van der Waals surface area contributed by atoms with Gasteiger partial charge in [0.2, 0.25) is 0 Å². The van der Waals surface area contributed by atoms with Gasteiger partial charge in [-0.05, 0) is 49.4 Å². The maximum absolute atomic E-state index is 13.5. The number of fused-ring (bicyclic) bond motifs is 2. The molecule has 0 amide bonds. The van der Waals surface area contributed by atoms with Crippen LogP contribution in [0.15, 0.2) is 64.2 Å². The number of ether oxygens (including phenoxy) is 1. The normalized spacial score (nSPS) is 16.7. The molecule has 6 nitrogen and oxygen atoms in total. The zero-order valence-corrected chi connectivity index (χ0v) is 16.8. The Balaban J connectivity index is 1.32. The van der Waals surface area contributed by atoms with Crippen LogP contribution in [0.5, 0.6) is 5.75 Å². The first-order valence-electron chi connectivity index (χ1n) is 10.2. The van der Waals surface area contributed by atoms with Crippen LogP contribution in [0, 0.1) is 0 Å². The minimum atomic E-state index is -2.63. The van der Waals surface area contributed by atoms with E-state index in [0.29, 0.717) is 47.7 Å². The quantitative estimate of drug-likeness (QED) is 0.479. The summed E-state index contributed by atoms with van der Waals surface area (Å²) in [5.74, 6) is -1.73. The topological polar surface area (TPSA) is 60.0 Å². The van der Waals surface area contributed by atoms with Gasteiger partial charge < -0.3 is 13.6 Å². The zero-order valence-electron chi connectivity index (χ0n) is 16.8. The van der Waals surface area contributed by atoms with E-state index in [-0.39, 0.29) is 25.0 Å². The highest BCUT2D eigenvalue weighted by molar-refractivity contribution is 5.80. The number of hydrogen-bond acceptors (Lipinski definition) is 5. The van der Waals surface area contributed by atoms with Crippen molar-refractivity contribution in [2.45, 2.75) is 18.8 Å². The van der Waals surface area contributed by atoms with Gasteiger partial charge >= 0.3 is 0 Å². The van der Waals surface area contributed by atoms with Crippen molar-refractivity contribution in [1.82, 2.24) is 14.3 Å². The highest BCUT2D eigenvalue weighted by Gasteiger charge is 2.34. The lowest BCUT2D eigenvalue weighted by molar-refractivity contribution is -0.0656. The molecule has 0 aliphatic carbocycles. The Hall–Kier alpha value is -3.26. The van der Waals surface area contributed by atoms with Crippen molar-refractivity contribution in [3.8, 4) is 17.2 Å². The van der Waals surface area contributed by atoms with Crippen LogP contribution in [0.3, 0.4) is 0 Å². The molecule has 0 bridgehead atoms. The lowest BCUT2D eigenvalue weighted by Crippen LogP contribution is -2.44. The summed E-state index contributed by atoms with van der Waals surface area (Å²) in [5.41, 5.74) is 1.75. The summed E-state index contributed by atoms with van der Waals surface area (Å²) in [6.07, 6.45) is 3.99. The van der Waals surface area contributed by atoms with Gasteiger partial charge in [0.15, 0.2) is 11.2 Å². The molecular weight excluding hydrogens is 404 g/mol. The molecule has 8 heteroatoms. The zero-order chi connectivity index (χ0) is 21.4. The number of likely N-dealkylation sites (tertiary alicyclic amines) is 1. The molecule has 0 N–H and O–H groups in total. The first-order chi connectivity index (χ1) is 15.0. The predicted octanol–water partition coefficient (Wildman–Crippen LogP) is 4.22. The Bertz CT molecular complexity index is 1300. The summed E-state index contributed by atoms with van der Waals surface area (Å²) >= 11 is 0. The number of nitrogens with zero attached hydrogens (tertiary/aromatic N) is 3. The maximum Gasteiger partial charge on any atom is 0.260 e. The number of halogens is 2. The van der Waals surface area contributed by atoms with Gasteiger partial charge in [-0.1, -0.05) is 0 Å². The monoisotopic (exact) mass is 425 g/mol. The Morgan fingerprint density at radius 2 is 2.10 bits per heavy atom. The summed E-state index contributed by atoms with van der Waals surface area (Å²) in [5, 5.41) is 0.398. The van der Waals surface area contributed by atoms with Crippen LogP contribution in [0.25, 0.3) is 27.9 Å². The van der Waals surface area contributed by atoms with Gasteiger partial charge in [0.25, 0.3) is 5.92 Å². The third kappa shape index (κ3) is 4.16. The van der Waals surface area contributed by atoms with Gasteiger partial charge in [-0.2, -0.15) is 0 Å². The Morgan fingerprint density at radius 1 is 1.19 bits per heavy atom. The van der Waals surface area contributed by atoms with Gasteiger partial charge in [-0.15, -0.1) is 0 Å². The molecule has 0 spiro atoms. The molecule has 4 heterocycles. The molecule has 0 atom stereocenters. The lowest BCUT2D eigenvalue weighted by atomic mass is 10.1. The van der Waals surface area contributed by atoms with Crippen molar-refractivity contribution in [3.63, 3.8) is 0 Å². The largest absolute Gasteiger partial charge is 0.492 e. The first kappa shape index (κ1) is 19.7. The van der Waals surface area contributed by atoms with Crippen LogP contribution in [-0.2, 0) is 0 Å². The molecule has 1 fully saturated rings. The highest BCUT2D eigenvalue weighted by atomic mass is 19.3. The summed E-state index contributed by atoms with van der Waals surface area (Å²) < 4.78 is 40.5. The molecule has 1 saturated heterocycles. The second-order valence-electron chi connectivity index (χ2n) is 7.83. The van der Waals surface area contributed by atoms with Gasteiger partial charge in [-0.25, -0.2) is 13.8 Å². The van der Waals surface area contributed by atoms with E-state index in [1.165, 1.54) is 6.07 Å². The van der Waals surface area contributed by atoms with E-state index in [1.807, 2.05) is 28.8 Å². The van der Waals surface area contributed by atoms with Crippen molar-refractivity contribution >= 4 is 16.5 Å². The molecule has 1 aliphatic rings. The second-order valence-corrected chi connectivity index (χ2v) is 7.83. The van der Waals surface area contributed by atoms with Gasteiger partial charge in [0, 0.05) is 30.7 Å². The Labute approximate surface area is 176 Å². The predicted molar refractivity (Wildman–Crippen MR) is 113 cm³/mol. The average Bonchev–Trinajstić information content (AvgIpc) is 3.21. The van der Waals surface area contributed by atoms with Crippen LogP contribution in [-0.4, -0.2) is 46.4 Å². The van der Waals surface area contributed by atoms with E-state index < -0.39 is 5.92 Å². The fraction of sp³-hybridized carbons (Fsp3) is 0.304. The van der Waals surface area contributed by atoms with Crippen LogP contribution in [0.1, 0.15) is 12.8 Å². The van der Waals surface area contributed by atoms with Gasteiger partial charge in [-0.3, -0.25) is 9.69 Å². The molecule has 0 radical (unpaired) electrons. The third-order valence-corrected chi connectivity index (χ3v) is 5.52. The smallest absolute Gasteiger partial charge is 0.260 e. The van der Waals surface area contributed by atoms with Crippen LogP contribution in [0.4, 0.5) is 8.78 Å². The SMILES string of the molecule is O=c1cc(-c2cc3cccn3cn2)oc2ccc(OCCN3CCCC(F)(F)C3)cc12. The number of benzene rings is 1. The van der Waals surface area contributed by atoms with Crippen LogP contribution >= 0.6 is 0 Å². The van der Waals surface area contributed by atoms with E-state index in [2.05, 4.69) is 4.98 Å².